The van der Waals surface area contributed by atoms with Gasteiger partial charge in [0.05, 0.1) is 48.6 Å². The number of rotatable bonds is 7. The van der Waals surface area contributed by atoms with E-state index in [1.807, 2.05) is 13.8 Å². The second kappa shape index (κ2) is 11.2. The molecular weight excluding hydrogens is 534 g/mol. The molecule has 0 saturated carbocycles. The van der Waals surface area contributed by atoms with Crippen LogP contribution in [0.15, 0.2) is 46.3 Å². The molecule has 1 saturated heterocycles. The van der Waals surface area contributed by atoms with Crippen molar-refractivity contribution in [1.82, 2.24) is 8.87 Å². The Bertz CT molecular complexity index is 1520. The first-order valence-corrected chi connectivity index (χ1v) is 14.0. The zero-order valence-corrected chi connectivity index (χ0v) is 23.3. The van der Waals surface area contributed by atoms with Gasteiger partial charge in [0, 0.05) is 30.8 Å². The Balaban J connectivity index is 1.69. The molecule has 0 aliphatic carbocycles. The lowest BCUT2D eigenvalue weighted by molar-refractivity contribution is -0.141. The van der Waals surface area contributed by atoms with Gasteiger partial charge in [0.2, 0.25) is 10.0 Å². The van der Waals surface area contributed by atoms with Crippen molar-refractivity contribution in [1.29, 1.82) is 0 Å². The Morgan fingerprint density at radius 2 is 1.63 bits per heavy atom. The fourth-order valence-electron chi connectivity index (χ4n) is 4.23. The number of fused-ring (bicyclic) bond motifs is 1. The minimum Gasteiger partial charge on any atom is -0.493 e. The third-order valence-electron chi connectivity index (χ3n) is 6.03. The van der Waals surface area contributed by atoms with Crippen molar-refractivity contribution in [2.45, 2.75) is 37.5 Å². The molecule has 4 rings (SSSR count). The van der Waals surface area contributed by atoms with Gasteiger partial charge >= 0.3 is 5.97 Å². The maximum atomic E-state index is 13.1. The zero-order valence-electron chi connectivity index (χ0n) is 21.7. The molecule has 2 unspecified atom stereocenters. The molecule has 2 atom stereocenters. The van der Waals surface area contributed by atoms with Gasteiger partial charge in [-0.25, -0.2) is 8.42 Å². The van der Waals surface area contributed by atoms with Crippen molar-refractivity contribution in [2.24, 2.45) is 4.99 Å². The van der Waals surface area contributed by atoms with Gasteiger partial charge in [-0.3, -0.25) is 9.59 Å². The second-order valence-electron chi connectivity index (χ2n) is 8.74. The highest BCUT2D eigenvalue weighted by Crippen LogP contribution is 2.33. The van der Waals surface area contributed by atoms with E-state index in [1.54, 1.807) is 16.7 Å². The first-order valence-electron chi connectivity index (χ1n) is 11.7. The van der Waals surface area contributed by atoms with Crippen molar-refractivity contribution in [3.05, 3.63) is 46.8 Å². The number of esters is 1. The number of hydrogen-bond donors (Lipinski definition) is 0. The highest BCUT2D eigenvalue weighted by Gasteiger charge is 2.32. The summed E-state index contributed by atoms with van der Waals surface area (Å²) in [7, 11) is 0.538. The van der Waals surface area contributed by atoms with E-state index in [9.17, 15) is 18.0 Å². The number of benzene rings is 2. The summed E-state index contributed by atoms with van der Waals surface area (Å²) in [6.45, 7) is 3.99. The molecule has 1 aromatic heterocycles. The zero-order chi connectivity index (χ0) is 27.6. The highest BCUT2D eigenvalue weighted by molar-refractivity contribution is 7.89. The lowest BCUT2D eigenvalue weighted by atomic mass is 10.2. The predicted octanol–water partition coefficient (Wildman–Crippen LogP) is 2.43. The molecule has 38 heavy (non-hydrogen) atoms. The van der Waals surface area contributed by atoms with Crippen LogP contribution in [0.1, 0.15) is 24.2 Å². The van der Waals surface area contributed by atoms with Crippen LogP contribution in [0.5, 0.6) is 11.5 Å². The van der Waals surface area contributed by atoms with Gasteiger partial charge in [-0.1, -0.05) is 11.3 Å². The smallest absolute Gasteiger partial charge is 0.325 e. The number of sulfonamides is 1. The van der Waals surface area contributed by atoms with Gasteiger partial charge in [0.25, 0.3) is 5.91 Å². The largest absolute Gasteiger partial charge is 0.493 e. The van der Waals surface area contributed by atoms with Crippen LogP contribution in [0.2, 0.25) is 0 Å². The van der Waals surface area contributed by atoms with E-state index in [1.165, 1.54) is 61.2 Å². The van der Waals surface area contributed by atoms with Crippen LogP contribution in [-0.4, -0.2) is 75.8 Å². The number of carbonyl (C=O) groups excluding carboxylic acids is 2. The Kier molecular flexibility index (Phi) is 8.21. The number of aromatic nitrogens is 1. The number of ether oxygens (including phenoxy) is 4. The molecule has 0 spiro atoms. The Hall–Kier alpha value is -3.26. The van der Waals surface area contributed by atoms with E-state index in [-0.39, 0.29) is 47.1 Å². The van der Waals surface area contributed by atoms with E-state index < -0.39 is 21.9 Å². The molecular formula is C25H29N3O8S2. The molecule has 13 heteroatoms. The Morgan fingerprint density at radius 1 is 1.03 bits per heavy atom. The lowest BCUT2D eigenvalue weighted by Gasteiger charge is -2.34. The van der Waals surface area contributed by atoms with Gasteiger partial charge in [-0.15, -0.1) is 0 Å². The average molecular weight is 564 g/mol. The molecule has 0 bridgehead atoms. The minimum absolute atomic E-state index is 0.0807. The number of carbonyl (C=O) groups is 2. The fraction of sp³-hybridized carbons (Fsp3) is 0.400. The summed E-state index contributed by atoms with van der Waals surface area (Å²) in [5.74, 6) is -0.165. The summed E-state index contributed by atoms with van der Waals surface area (Å²) in [6.07, 6.45) is -0.433. The summed E-state index contributed by atoms with van der Waals surface area (Å²) in [6, 6.07) is 9.08. The standard InChI is InChI=1S/C25H29N3O8S2/c1-15-12-27(13-16(2)36-15)38(31,32)18-8-6-17(7-9-18)24(30)26-25-28(14-23(29)35-5)19-10-20(33-3)21(34-4)11-22(19)37-25/h6-11,15-16H,12-14H2,1-5H3. The van der Waals surface area contributed by atoms with Gasteiger partial charge in [0.15, 0.2) is 16.3 Å². The Morgan fingerprint density at radius 3 is 2.21 bits per heavy atom. The molecule has 3 aromatic rings. The third kappa shape index (κ3) is 5.60. The normalized spacial score (nSPS) is 18.9. The minimum atomic E-state index is -3.75. The van der Waals surface area contributed by atoms with Gasteiger partial charge < -0.3 is 23.5 Å². The quantitative estimate of drug-likeness (QED) is 0.402. The second-order valence-corrected chi connectivity index (χ2v) is 11.7. The van der Waals surface area contributed by atoms with Crippen molar-refractivity contribution >= 4 is 43.5 Å². The topological polar surface area (TPSA) is 126 Å². The molecule has 204 valence electrons. The monoisotopic (exact) mass is 563 g/mol. The van der Waals surface area contributed by atoms with Crippen LogP contribution in [0.25, 0.3) is 10.2 Å². The summed E-state index contributed by atoms with van der Waals surface area (Å²) in [4.78, 5) is 29.8. The van der Waals surface area contributed by atoms with Crippen molar-refractivity contribution in [2.75, 3.05) is 34.4 Å². The van der Waals surface area contributed by atoms with Crippen LogP contribution in [0, 0.1) is 0 Å². The number of nitrogens with zero attached hydrogens (tertiary/aromatic N) is 3. The van der Waals surface area contributed by atoms with Crippen LogP contribution in [-0.2, 0) is 30.8 Å². The van der Waals surface area contributed by atoms with E-state index >= 15 is 0 Å². The third-order valence-corrected chi connectivity index (χ3v) is 8.91. The van der Waals surface area contributed by atoms with E-state index in [4.69, 9.17) is 18.9 Å². The molecule has 1 aliphatic heterocycles. The van der Waals surface area contributed by atoms with Crippen LogP contribution in [0.3, 0.4) is 0 Å². The number of hydrogen-bond acceptors (Lipinski definition) is 9. The molecule has 1 amide bonds. The SMILES string of the molecule is COC(=O)Cn1c(=NC(=O)c2ccc(S(=O)(=O)N3CC(C)OC(C)C3)cc2)sc2cc(OC)c(OC)cc21. The molecule has 11 nitrogen and oxygen atoms in total. The average Bonchev–Trinajstić information content (AvgIpc) is 3.22. The van der Waals surface area contributed by atoms with Crippen LogP contribution >= 0.6 is 11.3 Å². The van der Waals surface area contributed by atoms with E-state index in [0.717, 1.165) is 0 Å². The van der Waals surface area contributed by atoms with Crippen molar-refractivity contribution in [3.63, 3.8) is 0 Å². The fourth-order valence-corrected chi connectivity index (χ4v) is 6.85. The van der Waals surface area contributed by atoms with Crippen molar-refractivity contribution < 1.29 is 37.0 Å². The molecule has 0 radical (unpaired) electrons. The molecule has 1 aliphatic rings. The first kappa shape index (κ1) is 27.8. The summed E-state index contributed by atoms with van der Waals surface area (Å²) < 4.78 is 51.1. The maximum absolute atomic E-state index is 13.1. The summed E-state index contributed by atoms with van der Waals surface area (Å²) >= 11 is 1.19. The number of thiazole rings is 1. The highest BCUT2D eigenvalue weighted by atomic mass is 32.2. The molecule has 2 heterocycles. The Labute approximate surface area is 224 Å². The van der Waals surface area contributed by atoms with Gasteiger partial charge in [-0.2, -0.15) is 9.30 Å². The number of methoxy groups -OCH3 is 3. The first-order chi connectivity index (χ1) is 18.1. The van der Waals surface area contributed by atoms with Crippen LogP contribution in [0.4, 0.5) is 0 Å². The summed E-state index contributed by atoms with van der Waals surface area (Å²) in [5.41, 5.74) is 0.810. The number of amides is 1. The summed E-state index contributed by atoms with van der Waals surface area (Å²) in [5, 5.41) is 0. The van der Waals surface area contributed by atoms with E-state index in [0.29, 0.717) is 21.7 Å². The van der Waals surface area contributed by atoms with Gasteiger partial charge in [0.1, 0.15) is 6.54 Å². The lowest BCUT2D eigenvalue weighted by Crippen LogP contribution is -2.48. The van der Waals surface area contributed by atoms with E-state index in [2.05, 4.69) is 4.99 Å². The predicted molar refractivity (Wildman–Crippen MR) is 140 cm³/mol. The van der Waals surface area contributed by atoms with Crippen molar-refractivity contribution in [3.8, 4) is 11.5 Å². The number of morpholine rings is 1. The molecule has 1 fully saturated rings. The molecule has 0 N–H and O–H groups in total. The maximum Gasteiger partial charge on any atom is 0.325 e. The molecule has 2 aromatic carbocycles. The van der Waals surface area contributed by atoms with Crippen LogP contribution < -0.4 is 14.3 Å². The van der Waals surface area contributed by atoms with Gasteiger partial charge in [-0.05, 0) is 38.1 Å².